The van der Waals surface area contributed by atoms with E-state index < -0.39 is 17.6 Å². The van der Waals surface area contributed by atoms with Gasteiger partial charge in [-0.1, -0.05) is 12.1 Å². The van der Waals surface area contributed by atoms with Crippen LogP contribution in [-0.2, 0) is 6.54 Å². The molecule has 2 aromatic rings. The molecule has 0 unspecified atom stereocenters. The van der Waals surface area contributed by atoms with Crippen LogP contribution >= 0.6 is 0 Å². The number of hydrogen-bond acceptors (Lipinski definition) is 3. The molecule has 18 heavy (non-hydrogen) atoms. The summed E-state index contributed by atoms with van der Waals surface area (Å²) in [5.74, 6) is -2.21. The van der Waals surface area contributed by atoms with Crippen LogP contribution in [0.15, 0.2) is 36.8 Å². The maximum Gasteiger partial charge on any atom is 0.356 e. The van der Waals surface area contributed by atoms with Crippen molar-refractivity contribution in [3.8, 4) is 0 Å². The van der Waals surface area contributed by atoms with Gasteiger partial charge in [-0.25, -0.2) is 14.2 Å². The second-order valence-electron chi connectivity index (χ2n) is 3.64. The standard InChI is InChI=1S/C12H9FN2O3/c13-9-4-2-1-3-8(9)11(16)6-15-5-10(12(17)18)14-7-15/h1-5,7H,6H2,(H,17,18). The van der Waals surface area contributed by atoms with Crippen molar-refractivity contribution < 1.29 is 19.1 Å². The second kappa shape index (κ2) is 4.79. The molecule has 1 N–H and O–H groups in total. The van der Waals surface area contributed by atoms with Gasteiger partial charge in [-0.15, -0.1) is 0 Å². The molecule has 0 saturated heterocycles. The summed E-state index contributed by atoms with van der Waals surface area (Å²) in [5.41, 5.74) is -0.181. The Labute approximate surface area is 102 Å². The van der Waals surface area contributed by atoms with Crippen LogP contribution in [0, 0.1) is 5.82 Å². The molecule has 0 atom stereocenters. The number of Topliss-reactive ketones (excluding diaryl/α,β-unsaturated/α-hetero) is 1. The molecule has 0 amide bonds. The van der Waals surface area contributed by atoms with Gasteiger partial charge in [0.05, 0.1) is 18.4 Å². The van der Waals surface area contributed by atoms with Crippen molar-refractivity contribution in [3.05, 3.63) is 53.9 Å². The van der Waals surface area contributed by atoms with Gasteiger partial charge < -0.3 is 9.67 Å². The van der Waals surface area contributed by atoms with Gasteiger partial charge in [0.15, 0.2) is 11.5 Å². The highest BCUT2D eigenvalue weighted by Crippen LogP contribution is 2.08. The Bertz CT molecular complexity index is 607. The summed E-state index contributed by atoms with van der Waals surface area (Å²) < 4.78 is 14.6. The lowest BCUT2D eigenvalue weighted by Crippen LogP contribution is -2.10. The van der Waals surface area contributed by atoms with E-state index in [4.69, 9.17) is 5.11 Å². The molecule has 0 saturated carbocycles. The number of halogens is 1. The maximum absolute atomic E-state index is 13.3. The summed E-state index contributed by atoms with van der Waals surface area (Å²) in [6.45, 7) is -0.152. The molecular weight excluding hydrogens is 239 g/mol. The highest BCUT2D eigenvalue weighted by molar-refractivity contribution is 5.96. The van der Waals surface area contributed by atoms with Crippen molar-refractivity contribution in [2.45, 2.75) is 6.54 Å². The Kier molecular flexibility index (Phi) is 3.18. The third-order valence-corrected chi connectivity index (χ3v) is 2.35. The van der Waals surface area contributed by atoms with Crippen molar-refractivity contribution in [3.63, 3.8) is 0 Å². The minimum Gasteiger partial charge on any atom is -0.476 e. The fourth-order valence-electron chi connectivity index (χ4n) is 1.50. The summed E-state index contributed by atoms with van der Waals surface area (Å²) in [4.78, 5) is 26.0. The number of carboxylic acids is 1. The third kappa shape index (κ3) is 2.42. The van der Waals surface area contributed by atoms with Crippen LogP contribution in [0.1, 0.15) is 20.8 Å². The van der Waals surface area contributed by atoms with E-state index in [-0.39, 0.29) is 17.8 Å². The van der Waals surface area contributed by atoms with Gasteiger partial charge in [0.25, 0.3) is 0 Å². The molecule has 0 bridgehead atoms. The molecule has 0 spiro atoms. The van der Waals surface area contributed by atoms with Crippen LogP contribution in [0.2, 0.25) is 0 Å². The summed E-state index contributed by atoms with van der Waals surface area (Å²) >= 11 is 0. The number of imidazole rings is 1. The molecule has 6 heteroatoms. The number of benzene rings is 1. The molecule has 1 heterocycles. The Morgan fingerprint density at radius 1 is 1.33 bits per heavy atom. The summed E-state index contributed by atoms with van der Waals surface area (Å²) in [5, 5.41) is 8.67. The van der Waals surface area contributed by atoms with Crippen LogP contribution < -0.4 is 0 Å². The number of hydrogen-bond donors (Lipinski definition) is 1. The molecule has 1 aromatic heterocycles. The SMILES string of the molecule is O=C(O)c1cn(CC(=O)c2ccccc2F)cn1. The average molecular weight is 248 g/mol. The van der Waals surface area contributed by atoms with E-state index in [9.17, 15) is 14.0 Å². The van der Waals surface area contributed by atoms with Crippen molar-refractivity contribution >= 4 is 11.8 Å². The number of aromatic nitrogens is 2. The van der Waals surface area contributed by atoms with Crippen molar-refractivity contribution in [2.75, 3.05) is 0 Å². The van der Waals surface area contributed by atoms with E-state index in [1.165, 1.54) is 35.3 Å². The predicted octanol–water partition coefficient (Wildman–Crippen LogP) is 1.60. The topological polar surface area (TPSA) is 72.2 Å². The van der Waals surface area contributed by atoms with Crippen molar-refractivity contribution in [2.24, 2.45) is 0 Å². The number of nitrogens with zero attached hydrogens (tertiary/aromatic N) is 2. The maximum atomic E-state index is 13.3. The van der Waals surface area contributed by atoms with Gasteiger partial charge in [0.1, 0.15) is 5.82 Å². The van der Waals surface area contributed by atoms with Gasteiger partial charge in [0, 0.05) is 6.20 Å². The van der Waals surface area contributed by atoms with E-state index in [2.05, 4.69) is 4.98 Å². The monoisotopic (exact) mass is 248 g/mol. The fourth-order valence-corrected chi connectivity index (χ4v) is 1.50. The van der Waals surface area contributed by atoms with Gasteiger partial charge in [-0.05, 0) is 12.1 Å². The Balaban J connectivity index is 2.16. The predicted molar refractivity (Wildman–Crippen MR) is 59.9 cm³/mol. The number of carboxylic acid groups (broad SMARTS) is 1. The lowest BCUT2D eigenvalue weighted by molar-refractivity contribution is 0.0690. The van der Waals surface area contributed by atoms with E-state index >= 15 is 0 Å². The Morgan fingerprint density at radius 3 is 2.67 bits per heavy atom. The molecular formula is C12H9FN2O3. The molecule has 1 aromatic carbocycles. The first kappa shape index (κ1) is 12.0. The van der Waals surface area contributed by atoms with Crippen LogP contribution in [0.25, 0.3) is 0 Å². The van der Waals surface area contributed by atoms with Gasteiger partial charge in [0.2, 0.25) is 0 Å². The smallest absolute Gasteiger partial charge is 0.356 e. The zero-order valence-corrected chi connectivity index (χ0v) is 9.21. The van der Waals surface area contributed by atoms with Gasteiger partial charge in [-0.3, -0.25) is 4.79 Å². The molecule has 0 fully saturated rings. The average Bonchev–Trinajstić information content (AvgIpc) is 2.78. The zero-order chi connectivity index (χ0) is 13.1. The zero-order valence-electron chi connectivity index (χ0n) is 9.21. The molecule has 0 radical (unpaired) electrons. The lowest BCUT2D eigenvalue weighted by atomic mass is 10.1. The quantitative estimate of drug-likeness (QED) is 0.834. The second-order valence-corrected chi connectivity index (χ2v) is 3.64. The summed E-state index contributed by atoms with van der Waals surface area (Å²) in [6, 6.07) is 5.63. The van der Waals surface area contributed by atoms with Crippen LogP contribution in [0.5, 0.6) is 0 Å². The molecule has 92 valence electrons. The first-order chi connectivity index (χ1) is 8.58. The normalized spacial score (nSPS) is 10.3. The Hall–Kier alpha value is -2.50. The van der Waals surface area contributed by atoms with E-state index in [1.54, 1.807) is 6.07 Å². The molecule has 0 aliphatic rings. The van der Waals surface area contributed by atoms with Crippen LogP contribution in [0.4, 0.5) is 4.39 Å². The molecule has 0 aliphatic heterocycles. The summed E-state index contributed by atoms with van der Waals surface area (Å²) in [7, 11) is 0. The first-order valence-electron chi connectivity index (χ1n) is 5.10. The lowest BCUT2D eigenvalue weighted by Gasteiger charge is -2.02. The number of ketones is 1. The molecule has 0 aliphatic carbocycles. The highest BCUT2D eigenvalue weighted by atomic mass is 19.1. The highest BCUT2D eigenvalue weighted by Gasteiger charge is 2.13. The third-order valence-electron chi connectivity index (χ3n) is 2.35. The summed E-state index contributed by atoms with van der Waals surface area (Å²) in [6.07, 6.45) is 2.45. The first-order valence-corrected chi connectivity index (χ1v) is 5.10. The van der Waals surface area contributed by atoms with Crippen molar-refractivity contribution in [1.29, 1.82) is 0 Å². The number of aromatic carboxylic acids is 1. The number of rotatable bonds is 4. The minimum atomic E-state index is -1.17. The van der Waals surface area contributed by atoms with Crippen LogP contribution in [0.3, 0.4) is 0 Å². The number of carbonyl (C=O) groups is 2. The van der Waals surface area contributed by atoms with Crippen molar-refractivity contribution in [1.82, 2.24) is 9.55 Å². The largest absolute Gasteiger partial charge is 0.476 e. The van der Waals surface area contributed by atoms with E-state index in [0.717, 1.165) is 0 Å². The molecule has 2 rings (SSSR count). The van der Waals surface area contributed by atoms with Gasteiger partial charge >= 0.3 is 5.97 Å². The fraction of sp³-hybridized carbons (Fsp3) is 0.0833. The minimum absolute atomic E-state index is 0.0249. The Morgan fingerprint density at radius 2 is 2.06 bits per heavy atom. The van der Waals surface area contributed by atoms with Gasteiger partial charge in [-0.2, -0.15) is 0 Å². The van der Waals surface area contributed by atoms with E-state index in [1.807, 2.05) is 0 Å². The molecule has 5 nitrogen and oxygen atoms in total. The van der Waals surface area contributed by atoms with E-state index in [0.29, 0.717) is 0 Å². The number of carbonyl (C=O) groups excluding carboxylic acids is 1. The van der Waals surface area contributed by atoms with Crippen LogP contribution in [-0.4, -0.2) is 26.4 Å².